The van der Waals surface area contributed by atoms with Crippen LogP contribution in [0, 0.1) is 0 Å². The average Bonchev–Trinajstić information content (AvgIpc) is 2.26. The van der Waals surface area contributed by atoms with Gasteiger partial charge in [-0.2, -0.15) is 0 Å². The summed E-state index contributed by atoms with van der Waals surface area (Å²) in [4.78, 5) is 0. The van der Waals surface area contributed by atoms with E-state index in [2.05, 4.69) is 22.5 Å². The fourth-order valence-electron chi connectivity index (χ4n) is 1.52. The summed E-state index contributed by atoms with van der Waals surface area (Å²) in [5.74, 6) is 0.542. The molecule has 0 spiro atoms. The zero-order chi connectivity index (χ0) is 12.1. The average molecular weight is 323 g/mol. The number of hydrogen-bond donors (Lipinski definition) is 2. The van der Waals surface area contributed by atoms with Crippen LogP contribution in [0.2, 0.25) is 0 Å². The van der Waals surface area contributed by atoms with Gasteiger partial charge < -0.3 is 15.6 Å². The minimum Gasteiger partial charge on any atom is -0.504 e. The molecular weight excluding hydrogens is 305 g/mol. The summed E-state index contributed by atoms with van der Waals surface area (Å²) in [6.45, 7) is 3.65. The lowest BCUT2D eigenvalue weighted by Gasteiger charge is -2.16. The summed E-state index contributed by atoms with van der Waals surface area (Å²) in [6.07, 6.45) is 3.36. The second-order valence-corrected chi connectivity index (χ2v) is 4.34. The standard InChI is InChI=1S/C12H16BrNO2.ClH/c1-3-4-5-9(14)11-8(13)6-7-10(16-2)12(11)15;/h3,6-7,9,15H,1,4-5,14H2,2H3;1H/t9-;/m1./s1. The topological polar surface area (TPSA) is 55.5 Å². The van der Waals surface area contributed by atoms with Crippen LogP contribution in [-0.4, -0.2) is 12.2 Å². The molecule has 3 N–H and O–H groups in total. The Hall–Kier alpha value is -0.710. The Morgan fingerprint density at radius 3 is 2.76 bits per heavy atom. The summed E-state index contributed by atoms with van der Waals surface area (Å²) < 4.78 is 5.84. The van der Waals surface area contributed by atoms with Gasteiger partial charge in [0, 0.05) is 16.1 Å². The summed E-state index contributed by atoms with van der Waals surface area (Å²) in [5, 5.41) is 9.98. The predicted molar refractivity (Wildman–Crippen MR) is 76.0 cm³/mol. The third-order valence-electron chi connectivity index (χ3n) is 2.40. The highest BCUT2D eigenvalue weighted by atomic mass is 79.9. The smallest absolute Gasteiger partial charge is 0.163 e. The van der Waals surface area contributed by atoms with Crippen molar-refractivity contribution in [2.24, 2.45) is 5.73 Å². The lowest BCUT2D eigenvalue weighted by Crippen LogP contribution is -2.11. The molecule has 0 bridgehead atoms. The summed E-state index contributed by atoms with van der Waals surface area (Å²) in [7, 11) is 1.52. The van der Waals surface area contributed by atoms with Crippen LogP contribution in [0.25, 0.3) is 0 Å². The molecule has 0 heterocycles. The molecular formula is C12H17BrClNO2. The van der Waals surface area contributed by atoms with E-state index in [0.717, 1.165) is 17.3 Å². The van der Waals surface area contributed by atoms with Gasteiger partial charge in [0.1, 0.15) is 0 Å². The van der Waals surface area contributed by atoms with Crippen LogP contribution in [0.3, 0.4) is 0 Å². The molecule has 0 fully saturated rings. The zero-order valence-corrected chi connectivity index (χ0v) is 12.1. The molecule has 0 aliphatic heterocycles. The molecule has 0 amide bonds. The lowest BCUT2D eigenvalue weighted by molar-refractivity contribution is 0.367. The molecule has 3 nitrogen and oxygen atoms in total. The Morgan fingerprint density at radius 2 is 2.24 bits per heavy atom. The molecule has 96 valence electrons. The van der Waals surface area contributed by atoms with E-state index in [1.807, 2.05) is 12.1 Å². The monoisotopic (exact) mass is 321 g/mol. The number of nitrogens with two attached hydrogens (primary N) is 1. The van der Waals surface area contributed by atoms with Crippen molar-refractivity contribution in [3.8, 4) is 11.5 Å². The van der Waals surface area contributed by atoms with Crippen molar-refractivity contribution < 1.29 is 9.84 Å². The molecule has 1 atom stereocenters. The van der Waals surface area contributed by atoms with Crippen LogP contribution in [0.1, 0.15) is 24.4 Å². The van der Waals surface area contributed by atoms with Gasteiger partial charge in [-0.3, -0.25) is 0 Å². The van der Waals surface area contributed by atoms with Crippen molar-refractivity contribution in [1.29, 1.82) is 0 Å². The fourth-order valence-corrected chi connectivity index (χ4v) is 2.14. The number of phenolic OH excluding ortho intramolecular Hbond substituents is 1. The number of allylic oxidation sites excluding steroid dienone is 1. The molecule has 5 heteroatoms. The number of hydrogen-bond acceptors (Lipinski definition) is 3. The number of benzene rings is 1. The Kier molecular flexibility index (Phi) is 7.27. The zero-order valence-electron chi connectivity index (χ0n) is 9.65. The van der Waals surface area contributed by atoms with Gasteiger partial charge in [-0.15, -0.1) is 19.0 Å². The normalized spacial score (nSPS) is 11.5. The van der Waals surface area contributed by atoms with Crippen LogP contribution in [0.4, 0.5) is 0 Å². The maximum atomic E-state index is 9.98. The van der Waals surface area contributed by atoms with E-state index >= 15 is 0 Å². The largest absolute Gasteiger partial charge is 0.504 e. The Labute approximate surface area is 116 Å². The van der Waals surface area contributed by atoms with Gasteiger partial charge in [-0.1, -0.05) is 22.0 Å². The molecule has 1 aromatic rings. The second kappa shape index (κ2) is 7.58. The molecule has 17 heavy (non-hydrogen) atoms. The highest BCUT2D eigenvalue weighted by Gasteiger charge is 2.17. The van der Waals surface area contributed by atoms with Gasteiger partial charge in [0.05, 0.1) is 7.11 Å². The van der Waals surface area contributed by atoms with Gasteiger partial charge in [-0.05, 0) is 25.0 Å². The van der Waals surface area contributed by atoms with Crippen molar-refractivity contribution in [3.63, 3.8) is 0 Å². The second-order valence-electron chi connectivity index (χ2n) is 3.48. The van der Waals surface area contributed by atoms with Crippen LogP contribution in [0.5, 0.6) is 11.5 Å². The first-order chi connectivity index (χ1) is 7.61. The summed E-state index contributed by atoms with van der Waals surface area (Å²) in [6, 6.07) is 3.28. The van der Waals surface area contributed by atoms with Crippen molar-refractivity contribution in [2.75, 3.05) is 7.11 Å². The molecule has 0 aromatic heterocycles. The van der Waals surface area contributed by atoms with Crippen molar-refractivity contribution >= 4 is 28.3 Å². The van der Waals surface area contributed by atoms with Crippen LogP contribution in [0.15, 0.2) is 29.3 Å². The van der Waals surface area contributed by atoms with Gasteiger partial charge >= 0.3 is 0 Å². The van der Waals surface area contributed by atoms with Crippen LogP contribution < -0.4 is 10.5 Å². The SMILES string of the molecule is C=CCC[C@@H](N)c1c(Br)ccc(OC)c1O.Cl. The molecule has 0 saturated carbocycles. The molecule has 1 aromatic carbocycles. The quantitative estimate of drug-likeness (QED) is 0.815. The Balaban J connectivity index is 0.00000256. The van der Waals surface area contributed by atoms with Gasteiger partial charge in [0.25, 0.3) is 0 Å². The van der Waals surface area contributed by atoms with Gasteiger partial charge in [0.2, 0.25) is 0 Å². The lowest BCUT2D eigenvalue weighted by atomic mass is 10.0. The third kappa shape index (κ3) is 3.91. The molecule has 0 aliphatic rings. The maximum Gasteiger partial charge on any atom is 0.163 e. The van der Waals surface area contributed by atoms with E-state index in [9.17, 15) is 5.11 Å². The minimum atomic E-state index is -0.234. The first-order valence-electron chi connectivity index (χ1n) is 5.03. The first-order valence-corrected chi connectivity index (χ1v) is 5.83. The summed E-state index contributed by atoms with van der Waals surface area (Å²) >= 11 is 3.38. The van der Waals surface area contributed by atoms with E-state index in [-0.39, 0.29) is 24.2 Å². The number of methoxy groups -OCH3 is 1. The van der Waals surface area contributed by atoms with Crippen LogP contribution in [-0.2, 0) is 0 Å². The van der Waals surface area contributed by atoms with E-state index in [4.69, 9.17) is 10.5 Å². The van der Waals surface area contributed by atoms with Crippen molar-refractivity contribution in [1.82, 2.24) is 0 Å². The minimum absolute atomic E-state index is 0. The molecule has 1 rings (SSSR count). The highest BCUT2D eigenvalue weighted by molar-refractivity contribution is 9.10. The third-order valence-corrected chi connectivity index (χ3v) is 3.09. The predicted octanol–water partition coefficient (Wildman–Crippen LogP) is 3.55. The number of halogens is 2. The van der Waals surface area contributed by atoms with E-state index in [0.29, 0.717) is 11.3 Å². The fraction of sp³-hybridized carbons (Fsp3) is 0.333. The maximum absolute atomic E-state index is 9.98. The molecule has 0 aliphatic carbocycles. The first kappa shape index (κ1) is 16.3. The molecule has 0 radical (unpaired) electrons. The van der Waals surface area contributed by atoms with Gasteiger partial charge in [-0.25, -0.2) is 0 Å². The van der Waals surface area contributed by atoms with Gasteiger partial charge in [0.15, 0.2) is 11.5 Å². The Bertz CT molecular complexity index is 385. The number of ether oxygens (including phenoxy) is 1. The van der Waals surface area contributed by atoms with Crippen LogP contribution >= 0.6 is 28.3 Å². The van der Waals surface area contributed by atoms with Crippen molar-refractivity contribution in [2.45, 2.75) is 18.9 Å². The van der Waals surface area contributed by atoms with E-state index in [1.54, 1.807) is 6.07 Å². The van der Waals surface area contributed by atoms with E-state index < -0.39 is 0 Å². The van der Waals surface area contributed by atoms with E-state index in [1.165, 1.54) is 7.11 Å². The summed E-state index contributed by atoms with van der Waals surface area (Å²) in [5.41, 5.74) is 6.69. The molecule has 0 unspecified atom stereocenters. The number of aromatic hydroxyl groups is 1. The van der Waals surface area contributed by atoms with Crippen molar-refractivity contribution in [3.05, 3.63) is 34.8 Å². The highest BCUT2D eigenvalue weighted by Crippen LogP contribution is 2.39. The Morgan fingerprint density at radius 1 is 1.59 bits per heavy atom. The number of phenols is 1. The number of rotatable bonds is 5. The molecule has 0 saturated heterocycles.